The third kappa shape index (κ3) is 6.69. The topological polar surface area (TPSA) is 209 Å². The molecule has 0 aromatic heterocycles. The van der Waals surface area contributed by atoms with Crippen LogP contribution in [0.15, 0.2) is 0 Å². The van der Waals surface area contributed by atoms with Gasteiger partial charge in [0.15, 0.2) is 6.29 Å². The standard InChI is InChI=1S/C11H21N3O7.C2HF3O2/c15-3-4-5(16)1-12-11(14-4)13-2-6-7(17)8(18)9(19)10(20)21-6;3-2(4,5)1(6)7/h4-10,15-20H,1-3H2,(H2,12,13,14);(H,6,7)/t4-,5+,6-,7-,8+,9-,10?;/m1./s1. The van der Waals surface area contributed by atoms with Crippen molar-refractivity contribution in [2.24, 2.45) is 0 Å². The highest BCUT2D eigenvalue weighted by Crippen LogP contribution is 2.19. The summed E-state index contributed by atoms with van der Waals surface area (Å²) in [4.78, 5) is 11.6. The van der Waals surface area contributed by atoms with Gasteiger partial charge in [0.2, 0.25) is 0 Å². The first-order chi connectivity index (χ1) is 12.9. The second-order valence-electron chi connectivity index (χ2n) is 5.96. The van der Waals surface area contributed by atoms with E-state index in [0.29, 0.717) is 5.96 Å². The van der Waals surface area contributed by atoms with Crippen molar-refractivity contribution in [3.8, 4) is 0 Å². The van der Waals surface area contributed by atoms with Gasteiger partial charge in [0, 0.05) is 0 Å². The molecular weight excluding hydrogens is 399 g/mol. The van der Waals surface area contributed by atoms with Crippen LogP contribution < -0.4 is 20.7 Å². The van der Waals surface area contributed by atoms with Gasteiger partial charge >= 0.3 is 12.1 Å². The summed E-state index contributed by atoms with van der Waals surface area (Å²) in [5.41, 5.74) is 0. The molecule has 15 heteroatoms. The van der Waals surface area contributed by atoms with Gasteiger partial charge in [-0.05, 0) is 0 Å². The number of carboxylic acids is 1. The largest absolute Gasteiger partial charge is 0.542 e. The number of carboxylic acid groups (broad SMARTS) is 1. The van der Waals surface area contributed by atoms with Crippen molar-refractivity contribution >= 4 is 11.9 Å². The van der Waals surface area contributed by atoms with E-state index in [4.69, 9.17) is 19.7 Å². The fraction of sp³-hybridized carbons (Fsp3) is 0.846. The summed E-state index contributed by atoms with van der Waals surface area (Å²) in [6, 6.07) is -0.524. The predicted molar refractivity (Wildman–Crippen MR) is 78.8 cm³/mol. The number of rotatable bonds is 3. The zero-order valence-electron chi connectivity index (χ0n) is 14.2. The highest BCUT2D eigenvalue weighted by Gasteiger charge is 2.43. The summed E-state index contributed by atoms with van der Waals surface area (Å²) in [6.07, 6.45) is -12.9. The van der Waals surface area contributed by atoms with Crippen molar-refractivity contribution in [2.45, 2.75) is 49.0 Å². The Bertz CT molecular complexity index is 551. The summed E-state index contributed by atoms with van der Waals surface area (Å²) in [5.74, 6) is -2.59. The number of aliphatic hydroxyl groups excluding tert-OH is 6. The van der Waals surface area contributed by atoms with Gasteiger partial charge < -0.3 is 45.3 Å². The summed E-state index contributed by atoms with van der Waals surface area (Å²) in [6.45, 7) is 0.0182. The second kappa shape index (κ2) is 10.1. The average molecular weight is 421 g/mol. The number of nitrogens with one attached hydrogen (secondary N) is 3. The lowest BCUT2D eigenvalue weighted by Crippen LogP contribution is -2.87. The number of carbonyl (C=O) groups excluding carboxylic acids is 1. The van der Waals surface area contributed by atoms with Gasteiger partial charge in [-0.15, -0.1) is 0 Å². The Labute approximate surface area is 155 Å². The average Bonchev–Trinajstić information content (AvgIpc) is 2.62. The number of carbonyl (C=O) groups is 1. The van der Waals surface area contributed by atoms with Gasteiger partial charge in [-0.1, -0.05) is 0 Å². The van der Waals surface area contributed by atoms with Crippen LogP contribution in [-0.2, 0) is 9.53 Å². The third-order valence-electron chi connectivity index (χ3n) is 3.88. The SMILES string of the molecule is O=C([O-])C(F)(F)F.OC[C@H]1NC(NC[C@H]2OC(O)[C@H](O)[C@@H](O)[C@@H]2O)=[NH+]C[C@@H]1O. The molecule has 0 radical (unpaired) electrons. The first-order valence-corrected chi connectivity index (χ1v) is 7.94. The number of β-amino-alcohol motifs (C(OH)–C–C–N with tert-alkyl or cyclic N) is 1. The van der Waals surface area contributed by atoms with Crippen molar-refractivity contribution in [3.63, 3.8) is 0 Å². The molecule has 12 nitrogen and oxygen atoms in total. The molecule has 0 saturated carbocycles. The summed E-state index contributed by atoms with van der Waals surface area (Å²) in [5, 5.41) is 71.2. The first kappa shape index (κ1) is 24.3. The summed E-state index contributed by atoms with van der Waals surface area (Å²) < 4.78 is 36.6. The maximum Gasteiger partial charge on any atom is 0.430 e. The predicted octanol–water partition coefficient (Wildman–Crippen LogP) is -7.56. The number of guanidine groups is 1. The minimum atomic E-state index is -5.19. The lowest BCUT2D eigenvalue weighted by Gasteiger charge is -2.37. The Morgan fingerprint density at radius 3 is 2.29 bits per heavy atom. The molecule has 9 N–H and O–H groups in total. The van der Waals surface area contributed by atoms with E-state index in [9.17, 15) is 38.7 Å². The van der Waals surface area contributed by atoms with Crippen LogP contribution in [-0.4, -0.2) is 111 Å². The molecule has 2 aliphatic rings. The van der Waals surface area contributed by atoms with Crippen molar-refractivity contribution in [2.75, 3.05) is 19.7 Å². The van der Waals surface area contributed by atoms with E-state index in [-0.39, 0.29) is 19.7 Å². The Morgan fingerprint density at radius 1 is 1.21 bits per heavy atom. The maximum absolute atomic E-state index is 10.5. The number of hydrogen-bond acceptors (Lipinski definition) is 11. The Kier molecular flexibility index (Phi) is 8.80. The second-order valence-corrected chi connectivity index (χ2v) is 5.96. The highest BCUT2D eigenvalue weighted by atomic mass is 19.4. The monoisotopic (exact) mass is 421 g/mol. The number of hydrogen-bond donors (Lipinski definition) is 9. The van der Waals surface area contributed by atoms with Crippen LogP contribution in [0.5, 0.6) is 0 Å². The van der Waals surface area contributed by atoms with Gasteiger partial charge in [0.25, 0.3) is 0 Å². The quantitative estimate of drug-likeness (QED) is 0.209. The van der Waals surface area contributed by atoms with E-state index in [0.717, 1.165) is 0 Å². The molecule has 1 fully saturated rings. The fourth-order valence-electron chi connectivity index (χ4n) is 2.26. The van der Waals surface area contributed by atoms with Crippen LogP contribution in [0, 0.1) is 0 Å². The van der Waals surface area contributed by atoms with Crippen LogP contribution in [0.4, 0.5) is 13.2 Å². The van der Waals surface area contributed by atoms with E-state index in [1.54, 1.807) is 0 Å². The van der Waals surface area contributed by atoms with E-state index in [1.165, 1.54) is 0 Å². The van der Waals surface area contributed by atoms with Crippen LogP contribution in [0.2, 0.25) is 0 Å². The molecule has 0 aliphatic carbocycles. The zero-order valence-corrected chi connectivity index (χ0v) is 14.2. The minimum absolute atomic E-state index is 0.0333. The fourth-order valence-corrected chi connectivity index (χ4v) is 2.26. The van der Waals surface area contributed by atoms with Gasteiger partial charge in [-0.25, -0.2) is 0 Å². The molecule has 1 unspecified atom stereocenters. The van der Waals surface area contributed by atoms with Gasteiger partial charge in [0.05, 0.1) is 19.7 Å². The Hall–Kier alpha value is -1.75. The van der Waals surface area contributed by atoms with Crippen molar-refractivity contribution in [1.29, 1.82) is 0 Å². The number of aliphatic carboxylic acids is 1. The maximum atomic E-state index is 10.5. The molecule has 0 bridgehead atoms. The highest BCUT2D eigenvalue weighted by molar-refractivity contribution is 5.74. The van der Waals surface area contributed by atoms with Crippen LogP contribution in [0.3, 0.4) is 0 Å². The van der Waals surface area contributed by atoms with Crippen LogP contribution in [0.1, 0.15) is 0 Å². The normalized spacial score (nSPS) is 35.8. The third-order valence-corrected chi connectivity index (χ3v) is 3.88. The number of alkyl halides is 3. The molecule has 28 heavy (non-hydrogen) atoms. The van der Waals surface area contributed by atoms with Gasteiger partial charge in [0.1, 0.15) is 42.5 Å². The molecule has 7 atom stereocenters. The molecule has 2 heterocycles. The van der Waals surface area contributed by atoms with Gasteiger partial charge in [-0.3, -0.25) is 15.6 Å². The molecule has 2 rings (SSSR count). The number of halogens is 3. The zero-order chi connectivity index (χ0) is 21.6. The van der Waals surface area contributed by atoms with E-state index in [2.05, 4.69) is 15.6 Å². The molecule has 0 spiro atoms. The Morgan fingerprint density at radius 2 is 1.79 bits per heavy atom. The van der Waals surface area contributed by atoms with Crippen LogP contribution in [0.25, 0.3) is 0 Å². The lowest BCUT2D eigenvalue weighted by molar-refractivity contribution is -0.482. The Balaban J connectivity index is 0.000000480. The smallest absolute Gasteiger partial charge is 0.430 e. The minimum Gasteiger partial charge on any atom is -0.542 e. The number of ether oxygens (including phenoxy) is 1. The van der Waals surface area contributed by atoms with E-state index in [1.807, 2.05) is 0 Å². The van der Waals surface area contributed by atoms with E-state index < -0.39 is 55.0 Å². The molecule has 0 amide bonds. The molecule has 1 saturated heterocycles. The molecule has 0 aromatic carbocycles. The van der Waals surface area contributed by atoms with Crippen molar-refractivity contribution in [3.05, 3.63) is 0 Å². The van der Waals surface area contributed by atoms with Crippen LogP contribution >= 0.6 is 0 Å². The molecule has 164 valence electrons. The van der Waals surface area contributed by atoms with Gasteiger partial charge in [-0.2, -0.15) is 13.2 Å². The molecular formula is C13H22F3N3O9. The van der Waals surface area contributed by atoms with Crippen molar-refractivity contribution in [1.82, 2.24) is 10.6 Å². The number of aliphatic hydroxyl groups is 6. The summed E-state index contributed by atoms with van der Waals surface area (Å²) >= 11 is 0. The molecule has 2 aliphatic heterocycles. The van der Waals surface area contributed by atoms with Crippen molar-refractivity contribution < 1.29 is 63.4 Å². The van der Waals surface area contributed by atoms with E-state index >= 15 is 0 Å². The molecule has 0 aromatic rings. The summed E-state index contributed by atoms with van der Waals surface area (Å²) in [7, 11) is 0. The first-order valence-electron chi connectivity index (χ1n) is 7.94. The lowest BCUT2D eigenvalue weighted by atomic mass is 9.99.